The van der Waals surface area contributed by atoms with Gasteiger partial charge in [0.15, 0.2) is 0 Å². The summed E-state index contributed by atoms with van der Waals surface area (Å²) in [6, 6.07) is 9.03. The highest BCUT2D eigenvalue weighted by molar-refractivity contribution is 7.92. The molecule has 0 radical (unpaired) electrons. The van der Waals surface area contributed by atoms with Crippen LogP contribution in [0.1, 0.15) is 37.8 Å². The molecule has 1 N–H and O–H groups in total. The van der Waals surface area contributed by atoms with Gasteiger partial charge < -0.3 is 4.90 Å². The van der Waals surface area contributed by atoms with Crippen molar-refractivity contribution in [2.45, 2.75) is 50.3 Å². The third kappa shape index (κ3) is 4.67. The molecule has 1 saturated heterocycles. The number of anilines is 2. The van der Waals surface area contributed by atoms with Crippen LogP contribution in [0.2, 0.25) is 0 Å². The zero-order valence-electron chi connectivity index (χ0n) is 18.8. The van der Waals surface area contributed by atoms with Gasteiger partial charge in [-0.05, 0) is 67.8 Å². The minimum atomic E-state index is -3.96. The highest BCUT2D eigenvalue weighted by atomic mass is 32.2. The molecule has 0 aromatic heterocycles. The number of aryl methyl sites for hydroxylation is 1. The fourth-order valence-corrected chi connectivity index (χ4v) is 6.41. The van der Waals surface area contributed by atoms with E-state index in [9.17, 15) is 21.6 Å². The maximum atomic E-state index is 13.0. The third-order valence-corrected chi connectivity index (χ3v) is 9.17. The Labute approximate surface area is 190 Å². The Morgan fingerprint density at radius 2 is 1.59 bits per heavy atom. The summed E-state index contributed by atoms with van der Waals surface area (Å²) in [6.07, 6.45) is 1.28. The Bertz CT molecular complexity index is 1220. The first kappa shape index (κ1) is 24.2. The number of carbonyl (C=O) groups excluding carboxylic acids is 1. The van der Waals surface area contributed by atoms with E-state index in [0.717, 1.165) is 6.42 Å². The molecule has 0 unspecified atom stereocenters. The molecule has 1 aliphatic rings. The molecule has 8 nitrogen and oxygen atoms in total. The van der Waals surface area contributed by atoms with Gasteiger partial charge in [0.1, 0.15) is 0 Å². The average Bonchev–Trinajstić information content (AvgIpc) is 3.17. The van der Waals surface area contributed by atoms with Crippen molar-refractivity contribution in [1.29, 1.82) is 0 Å². The number of hydrogen-bond acceptors (Lipinski definition) is 5. The second-order valence-electron chi connectivity index (χ2n) is 7.75. The number of rotatable bonds is 8. The molecule has 1 amide bonds. The predicted octanol–water partition coefficient (Wildman–Crippen LogP) is 3.26. The molecule has 2 aromatic carbocycles. The van der Waals surface area contributed by atoms with Crippen LogP contribution in [0.4, 0.5) is 11.4 Å². The first-order valence-electron chi connectivity index (χ1n) is 10.6. The molecule has 0 bridgehead atoms. The molecule has 0 atom stereocenters. The lowest BCUT2D eigenvalue weighted by molar-refractivity contribution is -0.117. The Hall–Kier alpha value is -2.43. The molecule has 32 heavy (non-hydrogen) atoms. The van der Waals surface area contributed by atoms with Crippen LogP contribution >= 0.6 is 0 Å². The first-order valence-corrected chi connectivity index (χ1v) is 13.5. The van der Waals surface area contributed by atoms with Crippen molar-refractivity contribution < 1.29 is 21.6 Å². The second-order valence-corrected chi connectivity index (χ2v) is 11.4. The smallest absolute Gasteiger partial charge is 0.261 e. The lowest BCUT2D eigenvalue weighted by Gasteiger charge is -2.21. The summed E-state index contributed by atoms with van der Waals surface area (Å²) in [5.41, 5.74) is 2.19. The van der Waals surface area contributed by atoms with Gasteiger partial charge in [-0.1, -0.05) is 13.8 Å². The first-order chi connectivity index (χ1) is 15.0. The Balaban J connectivity index is 1.93. The number of amides is 1. The topological polar surface area (TPSA) is 104 Å². The number of sulfonamides is 2. The van der Waals surface area contributed by atoms with Gasteiger partial charge in [0.2, 0.25) is 15.9 Å². The molecule has 0 saturated carbocycles. The van der Waals surface area contributed by atoms with E-state index in [2.05, 4.69) is 4.72 Å². The summed E-state index contributed by atoms with van der Waals surface area (Å²) in [5.74, 6) is 0.0241. The summed E-state index contributed by atoms with van der Waals surface area (Å²) in [6.45, 7) is 8.25. The van der Waals surface area contributed by atoms with E-state index < -0.39 is 20.0 Å². The van der Waals surface area contributed by atoms with E-state index in [4.69, 9.17) is 0 Å². The van der Waals surface area contributed by atoms with Crippen LogP contribution in [0.15, 0.2) is 46.2 Å². The van der Waals surface area contributed by atoms with Crippen LogP contribution in [0.25, 0.3) is 0 Å². The number of carbonyl (C=O) groups is 1. The number of nitrogens with zero attached hydrogens (tertiary/aromatic N) is 2. The average molecular weight is 480 g/mol. The maximum Gasteiger partial charge on any atom is 0.261 e. The zero-order valence-corrected chi connectivity index (χ0v) is 20.4. The third-order valence-electron chi connectivity index (χ3n) is 5.76. The van der Waals surface area contributed by atoms with Crippen molar-refractivity contribution in [3.8, 4) is 0 Å². The van der Waals surface area contributed by atoms with E-state index in [1.165, 1.54) is 22.5 Å². The molecular formula is C22H29N3O5S2. The predicted molar refractivity (Wildman–Crippen MR) is 125 cm³/mol. The van der Waals surface area contributed by atoms with E-state index in [1.54, 1.807) is 50.8 Å². The van der Waals surface area contributed by atoms with Gasteiger partial charge in [-0.15, -0.1) is 0 Å². The highest BCUT2D eigenvalue weighted by Gasteiger charge is 2.25. The number of nitrogens with one attached hydrogen (secondary N) is 1. The number of benzene rings is 2. The van der Waals surface area contributed by atoms with E-state index >= 15 is 0 Å². The van der Waals surface area contributed by atoms with Gasteiger partial charge in [-0.3, -0.25) is 9.52 Å². The van der Waals surface area contributed by atoms with Crippen LogP contribution in [0.5, 0.6) is 0 Å². The minimum absolute atomic E-state index is 0.0241. The van der Waals surface area contributed by atoms with Crippen molar-refractivity contribution in [2.24, 2.45) is 0 Å². The zero-order chi connectivity index (χ0) is 23.7. The van der Waals surface area contributed by atoms with Gasteiger partial charge in [-0.2, -0.15) is 4.31 Å². The van der Waals surface area contributed by atoms with Crippen molar-refractivity contribution in [3.63, 3.8) is 0 Å². The second kappa shape index (κ2) is 9.21. The molecular weight excluding hydrogens is 450 g/mol. The van der Waals surface area contributed by atoms with Crippen LogP contribution in [0, 0.1) is 13.8 Å². The van der Waals surface area contributed by atoms with Crippen molar-refractivity contribution >= 4 is 37.3 Å². The lowest BCUT2D eigenvalue weighted by Crippen LogP contribution is -2.30. The van der Waals surface area contributed by atoms with Gasteiger partial charge in [0, 0.05) is 31.7 Å². The van der Waals surface area contributed by atoms with Gasteiger partial charge in [0.05, 0.1) is 15.5 Å². The minimum Gasteiger partial charge on any atom is -0.312 e. The van der Waals surface area contributed by atoms with Gasteiger partial charge in [0.25, 0.3) is 10.0 Å². The standard InChI is InChI=1S/C22H29N3O5S2/c1-5-24(6-2)32(29,30)20-14-16(3)17(4)21(15-20)23-31(27,28)19-11-9-18(10-12-19)25-13-7-8-22(25)26/h9-12,14-15,23H,5-8,13H2,1-4H3. The number of hydrogen-bond donors (Lipinski definition) is 1. The SMILES string of the molecule is CCN(CC)S(=O)(=O)c1cc(C)c(C)c(NS(=O)(=O)c2ccc(N3CCCC3=O)cc2)c1. The normalized spacial score (nSPS) is 14.9. The summed E-state index contributed by atoms with van der Waals surface area (Å²) in [7, 11) is -7.70. The molecule has 1 heterocycles. The Morgan fingerprint density at radius 3 is 2.12 bits per heavy atom. The molecule has 174 valence electrons. The van der Waals surface area contributed by atoms with E-state index in [1.807, 2.05) is 0 Å². The van der Waals surface area contributed by atoms with E-state index in [0.29, 0.717) is 42.9 Å². The molecule has 0 aliphatic carbocycles. The van der Waals surface area contributed by atoms with Gasteiger partial charge in [-0.25, -0.2) is 16.8 Å². The van der Waals surface area contributed by atoms with Crippen LogP contribution in [0.3, 0.4) is 0 Å². The van der Waals surface area contributed by atoms with Crippen LogP contribution < -0.4 is 9.62 Å². The molecule has 0 spiro atoms. The van der Waals surface area contributed by atoms with Crippen LogP contribution in [-0.2, 0) is 24.8 Å². The molecule has 3 rings (SSSR count). The van der Waals surface area contributed by atoms with Crippen molar-refractivity contribution in [1.82, 2.24) is 4.31 Å². The highest BCUT2D eigenvalue weighted by Crippen LogP contribution is 2.29. The monoisotopic (exact) mass is 479 g/mol. The maximum absolute atomic E-state index is 13.0. The Kier molecular flexibility index (Phi) is 6.97. The van der Waals surface area contributed by atoms with Crippen molar-refractivity contribution in [2.75, 3.05) is 29.3 Å². The van der Waals surface area contributed by atoms with Crippen molar-refractivity contribution in [3.05, 3.63) is 47.5 Å². The fourth-order valence-electron chi connectivity index (χ4n) is 3.72. The molecule has 1 fully saturated rings. The molecule has 10 heteroatoms. The lowest BCUT2D eigenvalue weighted by atomic mass is 10.1. The summed E-state index contributed by atoms with van der Waals surface area (Å²) in [4.78, 5) is 13.6. The molecule has 1 aliphatic heterocycles. The largest absolute Gasteiger partial charge is 0.312 e. The Morgan fingerprint density at radius 1 is 0.969 bits per heavy atom. The van der Waals surface area contributed by atoms with Crippen LogP contribution in [-0.4, -0.2) is 46.7 Å². The summed E-state index contributed by atoms with van der Waals surface area (Å²) >= 11 is 0. The summed E-state index contributed by atoms with van der Waals surface area (Å²) in [5, 5.41) is 0. The molecule has 2 aromatic rings. The van der Waals surface area contributed by atoms with E-state index in [-0.39, 0.29) is 21.4 Å². The van der Waals surface area contributed by atoms with Gasteiger partial charge >= 0.3 is 0 Å². The fraction of sp³-hybridized carbons (Fsp3) is 0.409. The summed E-state index contributed by atoms with van der Waals surface area (Å²) < 4.78 is 55.8. The quantitative estimate of drug-likeness (QED) is 0.626.